The second-order valence-electron chi connectivity index (χ2n) is 8.96. The van der Waals surface area contributed by atoms with E-state index < -0.39 is 11.2 Å². The van der Waals surface area contributed by atoms with Gasteiger partial charge in [0.1, 0.15) is 6.10 Å². The van der Waals surface area contributed by atoms with E-state index in [1.54, 1.807) is 0 Å². The summed E-state index contributed by atoms with van der Waals surface area (Å²) in [6.45, 7) is 7.53. The lowest BCUT2D eigenvalue weighted by Gasteiger charge is -2.30. The second kappa shape index (κ2) is 7.73. The molecule has 1 heterocycles. The van der Waals surface area contributed by atoms with Crippen LogP contribution in [0.2, 0.25) is 0 Å². The first-order valence-electron chi connectivity index (χ1n) is 10.7. The maximum atomic E-state index is 13.7. The van der Waals surface area contributed by atoms with Gasteiger partial charge >= 0.3 is 5.97 Å². The summed E-state index contributed by atoms with van der Waals surface area (Å²) in [5.74, 6) is -0.542. The quantitative estimate of drug-likeness (QED) is 0.627. The van der Waals surface area contributed by atoms with Crippen LogP contribution in [0.25, 0.3) is 0 Å². The molecule has 1 aromatic carbocycles. The van der Waals surface area contributed by atoms with Crippen LogP contribution in [-0.2, 0) is 29.2 Å². The van der Waals surface area contributed by atoms with Gasteiger partial charge in [-0.15, -0.1) is 0 Å². The Morgan fingerprint density at radius 2 is 1.90 bits per heavy atom. The summed E-state index contributed by atoms with van der Waals surface area (Å²) in [6, 6.07) is 10.0. The summed E-state index contributed by atoms with van der Waals surface area (Å²) in [4.78, 5) is 27.6. The van der Waals surface area contributed by atoms with Crippen molar-refractivity contribution < 1.29 is 23.8 Å². The third-order valence-electron chi connectivity index (χ3n) is 6.23. The van der Waals surface area contributed by atoms with Crippen molar-refractivity contribution in [3.8, 4) is 0 Å². The summed E-state index contributed by atoms with van der Waals surface area (Å²) in [5.41, 5.74) is 0.654. The molecule has 29 heavy (non-hydrogen) atoms. The maximum absolute atomic E-state index is 13.7. The second-order valence-corrected chi connectivity index (χ2v) is 8.96. The summed E-state index contributed by atoms with van der Waals surface area (Å²) < 4.78 is 16.8. The van der Waals surface area contributed by atoms with Crippen molar-refractivity contribution in [1.82, 2.24) is 4.90 Å². The van der Waals surface area contributed by atoms with Gasteiger partial charge in [-0.25, -0.2) is 0 Å². The van der Waals surface area contributed by atoms with Gasteiger partial charge in [0, 0.05) is 13.1 Å². The number of hydrogen-bond acceptors (Lipinski definition) is 5. The molecule has 3 atom stereocenters. The molecule has 1 aromatic rings. The monoisotopic (exact) mass is 401 g/mol. The number of ether oxygens (including phenoxy) is 3. The molecule has 6 heteroatoms. The SMILES string of the molecule is CCOC(=O)[C@H]1C[C@@H]1CN(C[C@@H]1COC(C)(C)O1)C(=O)C1(c2ccccc2)CC1. The van der Waals surface area contributed by atoms with E-state index in [2.05, 4.69) is 0 Å². The van der Waals surface area contributed by atoms with Crippen molar-refractivity contribution in [2.45, 2.75) is 57.3 Å². The fourth-order valence-corrected chi connectivity index (χ4v) is 4.42. The lowest BCUT2D eigenvalue weighted by atomic mass is 9.94. The van der Waals surface area contributed by atoms with Gasteiger partial charge in [-0.2, -0.15) is 0 Å². The fraction of sp³-hybridized carbons (Fsp3) is 0.652. The lowest BCUT2D eigenvalue weighted by molar-refractivity contribution is -0.148. The average Bonchev–Trinajstić information content (AvgIpc) is 3.60. The molecule has 0 N–H and O–H groups in total. The van der Waals surface area contributed by atoms with Gasteiger partial charge in [-0.1, -0.05) is 30.3 Å². The van der Waals surface area contributed by atoms with Crippen LogP contribution in [0.5, 0.6) is 0 Å². The molecule has 3 aliphatic rings. The minimum absolute atomic E-state index is 0.0886. The molecule has 158 valence electrons. The first kappa shape index (κ1) is 20.4. The molecule has 1 aliphatic heterocycles. The Hall–Kier alpha value is -1.92. The predicted molar refractivity (Wildman–Crippen MR) is 107 cm³/mol. The average molecular weight is 402 g/mol. The molecular formula is C23H31NO5. The molecule has 0 aromatic heterocycles. The molecule has 0 bridgehead atoms. The molecule has 2 aliphatic carbocycles. The smallest absolute Gasteiger partial charge is 0.309 e. The van der Waals surface area contributed by atoms with Gasteiger partial charge in [0.2, 0.25) is 5.91 Å². The Bertz CT molecular complexity index is 758. The number of carbonyl (C=O) groups is 2. The Kier molecular flexibility index (Phi) is 5.42. The molecular weight excluding hydrogens is 370 g/mol. The normalized spacial score (nSPS) is 28.6. The molecule has 3 fully saturated rings. The number of benzene rings is 1. The van der Waals surface area contributed by atoms with E-state index in [0.29, 0.717) is 26.3 Å². The van der Waals surface area contributed by atoms with Crippen molar-refractivity contribution in [2.24, 2.45) is 11.8 Å². The largest absolute Gasteiger partial charge is 0.466 e. The minimum Gasteiger partial charge on any atom is -0.466 e. The lowest BCUT2D eigenvalue weighted by Crippen LogP contribution is -2.45. The number of amides is 1. The van der Waals surface area contributed by atoms with Crippen LogP contribution in [-0.4, -0.2) is 55.0 Å². The molecule has 0 radical (unpaired) electrons. The van der Waals surface area contributed by atoms with E-state index in [9.17, 15) is 9.59 Å². The van der Waals surface area contributed by atoms with E-state index in [1.165, 1.54) is 0 Å². The van der Waals surface area contributed by atoms with Gasteiger partial charge in [0.25, 0.3) is 0 Å². The third-order valence-corrected chi connectivity index (χ3v) is 6.23. The van der Waals surface area contributed by atoms with Gasteiger partial charge in [0.05, 0.1) is 24.5 Å². The fourth-order valence-electron chi connectivity index (χ4n) is 4.42. The van der Waals surface area contributed by atoms with E-state index >= 15 is 0 Å². The number of nitrogens with zero attached hydrogens (tertiary/aromatic N) is 1. The van der Waals surface area contributed by atoms with Crippen LogP contribution in [0, 0.1) is 11.8 Å². The van der Waals surface area contributed by atoms with E-state index in [-0.39, 0.29) is 29.8 Å². The number of hydrogen-bond donors (Lipinski definition) is 0. The zero-order chi connectivity index (χ0) is 20.6. The van der Waals surface area contributed by atoms with Crippen LogP contribution < -0.4 is 0 Å². The van der Waals surface area contributed by atoms with Crippen LogP contribution >= 0.6 is 0 Å². The van der Waals surface area contributed by atoms with Gasteiger partial charge in [-0.3, -0.25) is 9.59 Å². The molecule has 4 rings (SSSR count). The zero-order valence-corrected chi connectivity index (χ0v) is 17.6. The Balaban J connectivity index is 1.48. The molecule has 0 spiro atoms. The van der Waals surface area contributed by atoms with Crippen molar-refractivity contribution >= 4 is 11.9 Å². The summed E-state index contributed by atoms with van der Waals surface area (Å²) >= 11 is 0. The first-order valence-corrected chi connectivity index (χ1v) is 10.7. The Labute approximate surface area is 172 Å². The third kappa shape index (κ3) is 4.33. The number of esters is 1. The van der Waals surface area contributed by atoms with Crippen LogP contribution in [0.1, 0.15) is 45.6 Å². The van der Waals surface area contributed by atoms with Crippen molar-refractivity contribution in [1.29, 1.82) is 0 Å². The summed E-state index contributed by atoms with van der Waals surface area (Å²) in [5, 5.41) is 0. The van der Waals surface area contributed by atoms with E-state index in [4.69, 9.17) is 14.2 Å². The molecule has 6 nitrogen and oxygen atoms in total. The standard InChI is InChI=1S/C23H31NO5/c1-4-27-20(25)19-12-16(19)13-24(14-18-15-28-22(2,3)29-18)21(26)23(10-11-23)17-8-6-5-7-9-17/h5-9,16,18-19H,4,10-15H2,1-3H3/t16-,18-,19+/m1/s1. The minimum atomic E-state index is -0.622. The Morgan fingerprint density at radius 1 is 1.17 bits per heavy atom. The highest BCUT2D eigenvalue weighted by Crippen LogP contribution is 2.50. The molecule has 2 saturated carbocycles. The van der Waals surface area contributed by atoms with Gasteiger partial charge in [-0.05, 0) is 51.5 Å². The number of carbonyl (C=O) groups excluding carboxylic acids is 2. The first-order chi connectivity index (χ1) is 13.8. The number of rotatable bonds is 8. The molecule has 0 unspecified atom stereocenters. The van der Waals surface area contributed by atoms with E-state index in [0.717, 1.165) is 24.8 Å². The van der Waals surface area contributed by atoms with Crippen molar-refractivity contribution in [3.63, 3.8) is 0 Å². The van der Waals surface area contributed by atoms with Gasteiger partial charge < -0.3 is 19.1 Å². The highest BCUT2D eigenvalue weighted by atomic mass is 16.7. The summed E-state index contributed by atoms with van der Waals surface area (Å²) in [6.07, 6.45) is 2.37. The maximum Gasteiger partial charge on any atom is 0.309 e. The predicted octanol–water partition coefficient (Wildman–Crippen LogP) is 2.90. The zero-order valence-electron chi connectivity index (χ0n) is 17.6. The Morgan fingerprint density at radius 3 is 2.48 bits per heavy atom. The summed E-state index contributed by atoms with van der Waals surface area (Å²) in [7, 11) is 0. The highest BCUT2D eigenvalue weighted by molar-refractivity contribution is 5.91. The van der Waals surface area contributed by atoms with Crippen LogP contribution in [0.3, 0.4) is 0 Å². The molecule has 1 saturated heterocycles. The topological polar surface area (TPSA) is 65.1 Å². The van der Waals surface area contributed by atoms with Gasteiger partial charge in [0.15, 0.2) is 5.79 Å². The highest BCUT2D eigenvalue weighted by Gasteiger charge is 2.55. The van der Waals surface area contributed by atoms with Crippen molar-refractivity contribution in [2.75, 3.05) is 26.3 Å². The van der Waals surface area contributed by atoms with Crippen LogP contribution in [0.15, 0.2) is 30.3 Å². The van der Waals surface area contributed by atoms with Crippen LogP contribution in [0.4, 0.5) is 0 Å². The van der Waals surface area contributed by atoms with E-state index in [1.807, 2.05) is 56.0 Å². The molecule has 1 amide bonds. The van der Waals surface area contributed by atoms with Crippen molar-refractivity contribution in [3.05, 3.63) is 35.9 Å².